The number of rotatable bonds is 3. The molecule has 0 aliphatic carbocycles. The van der Waals surface area contributed by atoms with Crippen molar-refractivity contribution >= 4 is 5.83 Å². The summed E-state index contributed by atoms with van der Waals surface area (Å²) in [6.45, 7) is -0.307. The molecule has 82 valence electrons. The van der Waals surface area contributed by atoms with Crippen molar-refractivity contribution in [2.75, 3.05) is 6.61 Å². The molecule has 0 saturated heterocycles. The molecule has 0 aliphatic heterocycles. The third kappa shape index (κ3) is 2.14. The highest BCUT2D eigenvalue weighted by molar-refractivity contribution is 5.60. The summed E-state index contributed by atoms with van der Waals surface area (Å²) in [5, 5.41) is 15.9. The molecule has 0 unspecified atom stereocenters. The minimum Gasteiger partial charge on any atom is -0.392 e. The minimum absolute atomic E-state index is 0.307. The SMILES string of the molecule is OC/C=C(\F)c1ccc(-n2cnnc2)cc1. The zero-order chi connectivity index (χ0) is 11.4. The first-order chi connectivity index (χ1) is 7.81. The van der Waals surface area contributed by atoms with Gasteiger partial charge < -0.3 is 5.11 Å². The third-order valence-corrected chi connectivity index (χ3v) is 2.13. The van der Waals surface area contributed by atoms with Crippen molar-refractivity contribution in [2.45, 2.75) is 0 Å². The number of aliphatic hydroxyl groups is 1. The molecule has 1 heterocycles. The molecule has 0 atom stereocenters. The quantitative estimate of drug-likeness (QED) is 0.852. The fraction of sp³-hybridized carbons (Fsp3) is 0.0909. The number of benzene rings is 1. The van der Waals surface area contributed by atoms with Gasteiger partial charge in [0.05, 0.1) is 6.61 Å². The van der Waals surface area contributed by atoms with Crippen LogP contribution in [0.3, 0.4) is 0 Å². The van der Waals surface area contributed by atoms with Crippen LogP contribution in [0.5, 0.6) is 0 Å². The molecule has 4 nitrogen and oxygen atoms in total. The second-order valence-corrected chi connectivity index (χ2v) is 3.15. The summed E-state index contributed by atoms with van der Waals surface area (Å²) in [6.07, 6.45) is 4.25. The average molecular weight is 219 g/mol. The Balaban J connectivity index is 2.26. The van der Waals surface area contributed by atoms with E-state index in [2.05, 4.69) is 10.2 Å². The molecule has 0 amide bonds. The Kier molecular flexibility index (Phi) is 3.07. The Labute approximate surface area is 91.7 Å². The van der Waals surface area contributed by atoms with Crippen molar-refractivity contribution in [3.63, 3.8) is 0 Å². The molecule has 0 bridgehead atoms. The molecule has 0 spiro atoms. The van der Waals surface area contributed by atoms with Crippen LogP contribution in [0.15, 0.2) is 43.0 Å². The Morgan fingerprint density at radius 3 is 2.44 bits per heavy atom. The molecule has 2 rings (SSSR count). The lowest BCUT2D eigenvalue weighted by molar-refractivity contribution is 0.342. The van der Waals surface area contributed by atoms with E-state index in [9.17, 15) is 4.39 Å². The van der Waals surface area contributed by atoms with Crippen molar-refractivity contribution < 1.29 is 9.50 Å². The first-order valence-corrected chi connectivity index (χ1v) is 4.73. The van der Waals surface area contributed by atoms with E-state index in [0.29, 0.717) is 5.56 Å². The Bertz CT molecular complexity index is 476. The molecule has 0 radical (unpaired) electrons. The highest BCUT2D eigenvalue weighted by Gasteiger charge is 2.00. The smallest absolute Gasteiger partial charge is 0.128 e. The molecular formula is C11H10FN3O. The topological polar surface area (TPSA) is 50.9 Å². The molecular weight excluding hydrogens is 209 g/mol. The van der Waals surface area contributed by atoms with Gasteiger partial charge in [0, 0.05) is 11.3 Å². The normalized spacial score (nSPS) is 11.8. The Morgan fingerprint density at radius 1 is 1.25 bits per heavy atom. The first-order valence-electron chi connectivity index (χ1n) is 4.73. The van der Waals surface area contributed by atoms with E-state index in [1.165, 1.54) is 0 Å². The summed E-state index contributed by atoms with van der Waals surface area (Å²) >= 11 is 0. The lowest BCUT2D eigenvalue weighted by atomic mass is 10.2. The maximum atomic E-state index is 13.3. The van der Waals surface area contributed by atoms with Crippen molar-refractivity contribution in [1.82, 2.24) is 14.8 Å². The summed E-state index contributed by atoms with van der Waals surface area (Å²) in [7, 11) is 0. The van der Waals surface area contributed by atoms with Gasteiger partial charge in [-0.25, -0.2) is 4.39 Å². The van der Waals surface area contributed by atoms with Gasteiger partial charge in [0.15, 0.2) is 0 Å². The van der Waals surface area contributed by atoms with Crippen LogP contribution in [0.2, 0.25) is 0 Å². The van der Waals surface area contributed by atoms with E-state index in [1.54, 1.807) is 41.5 Å². The number of aliphatic hydroxyl groups excluding tert-OH is 1. The zero-order valence-electron chi connectivity index (χ0n) is 8.42. The fourth-order valence-corrected chi connectivity index (χ4v) is 1.32. The highest BCUT2D eigenvalue weighted by Crippen LogP contribution is 2.17. The van der Waals surface area contributed by atoms with Crippen LogP contribution in [0, 0.1) is 0 Å². The van der Waals surface area contributed by atoms with Gasteiger partial charge in [0.25, 0.3) is 0 Å². The maximum absolute atomic E-state index is 13.3. The predicted molar refractivity (Wildman–Crippen MR) is 57.5 cm³/mol. The number of halogens is 1. The van der Waals surface area contributed by atoms with E-state index in [4.69, 9.17) is 5.11 Å². The third-order valence-electron chi connectivity index (χ3n) is 2.13. The molecule has 5 heteroatoms. The molecule has 16 heavy (non-hydrogen) atoms. The van der Waals surface area contributed by atoms with Crippen LogP contribution in [-0.4, -0.2) is 26.5 Å². The lowest BCUT2D eigenvalue weighted by Gasteiger charge is -2.02. The second-order valence-electron chi connectivity index (χ2n) is 3.15. The standard InChI is InChI=1S/C11H10FN3O/c12-11(5-6-16)9-1-3-10(4-2-9)15-7-13-14-8-15/h1-5,7-8,16H,6H2/b11-5-. The molecule has 1 aromatic carbocycles. The number of hydrogen-bond donors (Lipinski definition) is 1. The molecule has 0 saturated carbocycles. The number of hydrogen-bond acceptors (Lipinski definition) is 3. The Morgan fingerprint density at radius 2 is 1.88 bits per heavy atom. The van der Waals surface area contributed by atoms with Gasteiger partial charge in [0.1, 0.15) is 18.5 Å². The zero-order valence-corrected chi connectivity index (χ0v) is 8.42. The molecule has 0 fully saturated rings. The molecule has 0 aliphatic rings. The first kappa shape index (κ1) is 10.5. The molecule has 1 aromatic heterocycles. The van der Waals surface area contributed by atoms with Crippen molar-refractivity contribution in [1.29, 1.82) is 0 Å². The van der Waals surface area contributed by atoms with Gasteiger partial charge in [-0.3, -0.25) is 4.57 Å². The van der Waals surface area contributed by atoms with Crippen molar-refractivity contribution in [3.05, 3.63) is 48.6 Å². The largest absolute Gasteiger partial charge is 0.392 e. The van der Waals surface area contributed by atoms with Crippen LogP contribution in [0.4, 0.5) is 4.39 Å². The van der Waals surface area contributed by atoms with E-state index in [-0.39, 0.29) is 6.61 Å². The van der Waals surface area contributed by atoms with Gasteiger partial charge in [-0.1, -0.05) is 0 Å². The van der Waals surface area contributed by atoms with E-state index in [0.717, 1.165) is 11.8 Å². The molecule has 1 N–H and O–H groups in total. The van der Waals surface area contributed by atoms with E-state index < -0.39 is 5.83 Å². The number of aromatic nitrogens is 3. The van der Waals surface area contributed by atoms with Gasteiger partial charge in [-0.2, -0.15) is 0 Å². The monoisotopic (exact) mass is 219 g/mol. The molecule has 2 aromatic rings. The maximum Gasteiger partial charge on any atom is 0.128 e. The summed E-state index contributed by atoms with van der Waals surface area (Å²) in [4.78, 5) is 0. The van der Waals surface area contributed by atoms with Crippen LogP contribution < -0.4 is 0 Å². The van der Waals surface area contributed by atoms with Gasteiger partial charge in [-0.15, -0.1) is 10.2 Å². The lowest BCUT2D eigenvalue weighted by Crippen LogP contribution is -1.90. The van der Waals surface area contributed by atoms with Gasteiger partial charge in [-0.05, 0) is 30.3 Å². The van der Waals surface area contributed by atoms with Crippen molar-refractivity contribution in [2.24, 2.45) is 0 Å². The number of nitrogens with zero attached hydrogens (tertiary/aromatic N) is 3. The summed E-state index contributed by atoms with van der Waals surface area (Å²) in [5.74, 6) is -0.433. The van der Waals surface area contributed by atoms with Crippen molar-refractivity contribution in [3.8, 4) is 5.69 Å². The fourth-order valence-electron chi connectivity index (χ4n) is 1.32. The summed E-state index contributed by atoms with van der Waals surface area (Å²) in [6, 6.07) is 6.78. The predicted octanol–water partition coefficient (Wildman–Crippen LogP) is 1.57. The highest BCUT2D eigenvalue weighted by atomic mass is 19.1. The summed E-state index contributed by atoms with van der Waals surface area (Å²) in [5.41, 5.74) is 1.29. The average Bonchev–Trinajstić information content (AvgIpc) is 2.83. The Hall–Kier alpha value is -2.01. The summed E-state index contributed by atoms with van der Waals surface area (Å²) < 4.78 is 15.0. The van der Waals surface area contributed by atoms with E-state index >= 15 is 0 Å². The van der Waals surface area contributed by atoms with Gasteiger partial charge in [0.2, 0.25) is 0 Å². The van der Waals surface area contributed by atoms with E-state index in [1.807, 2.05) is 0 Å². The van der Waals surface area contributed by atoms with Crippen LogP contribution in [0.25, 0.3) is 11.5 Å². The second kappa shape index (κ2) is 4.67. The van der Waals surface area contributed by atoms with Crippen LogP contribution in [-0.2, 0) is 0 Å². The van der Waals surface area contributed by atoms with Crippen LogP contribution >= 0.6 is 0 Å². The van der Waals surface area contributed by atoms with Gasteiger partial charge >= 0.3 is 0 Å². The minimum atomic E-state index is -0.433. The van der Waals surface area contributed by atoms with Crippen LogP contribution in [0.1, 0.15) is 5.56 Å².